The number of amides is 1. The first-order valence-electron chi connectivity index (χ1n) is 4.55. The average Bonchev–Trinajstić information content (AvgIpc) is 2.62. The quantitative estimate of drug-likeness (QED) is 0.469. The minimum atomic E-state index is -0.991. The molecular weight excluding hydrogens is 172 g/mol. The molecule has 0 aromatic heterocycles. The predicted molar refractivity (Wildman–Crippen MR) is 45.5 cm³/mol. The summed E-state index contributed by atoms with van der Waals surface area (Å²) in [5, 5.41) is 23.8. The van der Waals surface area contributed by atoms with Gasteiger partial charge in [0.25, 0.3) is 0 Å². The van der Waals surface area contributed by atoms with Crippen molar-refractivity contribution in [2.75, 3.05) is 6.54 Å². The molecule has 2 rings (SSSR count). The molecule has 1 saturated carbocycles. The Morgan fingerprint density at radius 1 is 1.54 bits per heavy atom. The molecule has 2 aliphatic rings. The predicted octanol–water partition coefficient (Wildman–Crippen LogP) is -0.491. The number of aliphatic hydroxyl groups is 1. The fraction of sp³-hybridized carbons (Fsp3) is 0.875. The second-order valence-electron chi connectivity index (χ2n) is 3.95. The molecule has 2 fully saturated rings. The number of carboxylic acid groups (broad SMARTS) is 1. The van der Waals surface area contributed by atoms with Gasteiger partial charge in [-0.15, -0.1) is 0 Å². The van der Waals surface area contributed by atoms with E-state index in [2.05, 4.69) is 10.6 Å². The van der Waals surface area contributed by atoms with E-state index in [1.54, 1.807) is 0 Å². The highest BCUT2D eigenvalue weighted by Crippen LogP contribution is 2.41. The summed E-state index contributed by atoms with van der Waals surface area (Å²) in [5.41, 5.74) is -0.547. The molecule has 13 heavy (non-hydrogen) atoms. The van der Waals surface area contributed by atoms with Crippen LogP contribution in [-0.4, -0.2) is 40.5 Å². The Morgan fingerprint density at radius 3 is 2.77 bits per heavy atom. The van der Waals surface area contributed by atoms with Crippen molar-refractivity contribution < 1.29 is 15.0 Å². The van der Waals surface area contributed by atoms with Gasteiger partial charge in [-0.25, -0.2) is 4.79 Å². The Labute approximate surface area is 76.1 Å². The molecule has 5 heteroatoms. The van der Waals surface area contributed by atoms with E-state index in [0.29, 0.717) is 13.0 Å². The van der Waals surface area contributed by atoms with Crippen LogP contribution in [0.2, 0.25) is 0 Å². The van der Waals surface area contributed by atoms with Crippen LogP contribution >= 0.6 is 0 Å². The lowest BCUT2D eigenvalue weighted by atomic mass is 10.1. The summed E-state index contributed by atoms with van der Waals surface area (Å²) in [6, 6.07) is 0.0245. The fourth-order valence-electron chi connectivity index (χ4n) is 1.91. The van der Waals surface area contributed by atoms with Gasteiger partial charge in [-0.05, 0) is 19.3 Å². The summed E-state index contributed by atoms with van der Waals surface area (Å²) in [5.74, 6) is 0. The monoisotopic (exact) mass is 186 g/mol. The van der Waals surface area contributed by atoms with Gasteiger partial charge in [-0.3, -0.25) is 0 Å². The van der Waals surface area contributed by atoms with Crippen LogP contribution in [-0.2, 0) is 0 Å². The van der Waals surface area contributed by atoms with E-state index >= 15 is 0 Å². The third kappa shape index (κ3) is 1.76. The summed E-state index contributed by atoms with van der Waals surface area (Å²) in [6.45, 7) is 0.624. The van der Waals surface area contributed by atoms with Crippen molar-refractivity contribution in [3.8, 4) is 0 Å². The summed E-state index contributed by atoms with van der Waals surface area (Å²) < 4.78 is 0. The highest BCUT2D eigenvalue weighted by molar-refractivity contribution is 5.64. The van der Waals surface area contributed by atoms with E-state index in [4.69, 9.17) is 5.11 Å². The van der Waals surface area contributed by atoms with E-state index in [-0.39, 0.29) is 12.1 Å². The molecule has 1 saturated heterocycles. The highest BCUT2D eigenvalue weighted by Gasteiger charge is 2.50. The first-order chi connectivity index (χ1) is 6.10. The maximum absolute atomic E-state index is 10.3. The Balaban J connectivity index is 1.83. The second-order valence-corrected chi connectivity index (χ2v) is 3.95. The smallest absolute Gasteiger partial charge is 0.404 e. The molecule has 0 aromatic rings. The van der Waals surface area contributed by atoms with Crippen molar-refractivity contribution in [1.82, 2.24) is 10.6 Å². The third-order valence-corrected chi connectivity index (χ3v) is 2.87. The Morgan fingerprint density at radius 2 is 2.23 bits per heavy atom. The van der Waals surface area contributed by atoms with Crippen molar-refractivity contribution in [2.24, 2.45) is 0 Å². The van der Waals surface area contributed by atoms with E-state index in [0.717, 1.165) is 12.8 Å². The lowest BCUT2D eigenvalue weighted by Crippen LogP contribution is -2.36. The summed E-state index contributed by atoms with van der Waals surface area (Å²) in [4.78, 5) is 10.3. The summed E-state index contributed by atoms with van der Waals surface area (Å²) >= 11 is 0. The molecule has 2 atom stereocenters. The van der Waals surface area contributed by atoms with Crippen LogP contribution < -0.4 is 10.6 Å². The lowest BCUT2D eigenvalue weighted by molar-refractivity contribution is 0.110. The molecule has 74 valence electrons. The molecule has 1 heterocycles. The Bertz CT molecular complexity index is 227. The van der Waals surface area contributed by atoms with Gasteiger partial charge in [0.2, 0.25) is 0 Å². The average molecular weight is 186 g/mol. The molecule has 5 nitrogen and oxygen atoms in total. The third-order valence-electron chi connectivity index (χ3n) is 2.87. The number of hydrogen-bond donors (Lipinski definition) is 4. The molecular formula is C8H14N2O3. The van der Waals surface area contributed by atoms with Gasteiger partial charge in [0.15, 0.2) is 0 Å². The van der Waals surface area contributed by atoms with Crippen LogP contribution in [0.15, 0.2) is 0 Å². The van der Waals surface area contributed by atoms with Crippen molar-refractivity contribution in [3.05, 3.63) is 0 Å². The second kappa shape index (κ2) is 2.85. The van der Waals surface area contributed by atoms with Crippen molar-refractivity contribution in [2.45, 2.75) is 36.9 Å². The SMILES string of the molecule is O=C(O)N[C@@H]1CN[C@H](C2(O)CC2)C1. The van der Waals surface area contributed by atoms with Crippen LogP contribution in [0.3, 0.4) is 0 Å². The van der Waals surface area contributed by atoms with Crippen molar-refractivity contribution in [1.29, 1.82) is 0 Å². The molecule has 1 amide bonds. The number of nitrogens with one attached hydrogen (secondary N) is 2. The highest BCUT2D eigenvalue weighted by atomic mass is 16.4. The first kappa shape index (κ1) is 8.77. The standard InChI is InChI=1S/C8H14N2O3/c11-7(12)10-5-3-6(9-4-5)8(13)1-2-8/h5-6,9-10,13H,1-4H2,(H,11,12)/t5-,6-/m0/s1. The maximum Gasteiger partial charge on any atom is 0.404 e. The van der Waals surface area contributed by atoms with E-state index in [1.165, 1.54) is 0 Å². The first-order valence-corrected chi connectivity index (χ1v) is 4.55. The fourth-order valence-corrected chi connectivity index (χ4v) is 1.91. The van der Waals surface area contributed by atoms with Crippen LogP contribution in [0.5, 0.6) is 0 Å². The van der Waals surface area contributed by atoms with Crippen molar-refractivity contribution >= 4 is 6.09 Å². The normalized spacial score (nSPS) is 35.8. The van der Waals surface area contributed by atoms with Crippen LogP contribution in [0.1, 0.15) is 19.3 Å². The van der Waals surface area contributed by atoms with Gasteiger partial charge < -0.3 is 20.8 Å². The van der Waals surface area contributed by atoms with Crippen LogP contribution in [0, 0.1) is 0 Å². The van der Waals surface area contributed by atoms with E-state index < -0.39 is 11.7 Å². The zero-order chi connectivity index (χ0) is 9.47. The molecule has 0 bridgehead atoms. The van der Waals surface area contributed by atoms with Crippen LogP contribution in [0.25, 0.3) is 0 Å². The lowest BCUT2D eigenvalue weighted by Gasteiger charge is -2.16. The van der Waals surface area contributed by atoms with E-state index in [9.17, 15) is 9.90 Å². The number of rotatable bonds is 2. The molecule has 0 unspecified atom stereocenters. The van der Waals surface area contributed by atoms with Crippen molar-refractivity contribution in [3.63, 3.8) is 0 Å². The molecule has 0 aromatic carbocycles. The molecule has 1 aliphatic carbocycles. The minimum Gasteiger partial charge on any atom is -0.465 e. The largest absolute Gasteiger partial charge is 0.465 e. The Kier molecular flexibility index (Phi) is 1.92. The number of hydrogen-bond acceptors (Lipinski definition) is 3. The molecule has 1 aliphatic heterocycles. The van der Waals surface area contributed by atoms with Crippen LogP contribution in [0.4, 0.5) is 4.79 Å². The van der Waals surface area contributed by atoms with Gasteiger partial charge in [-0.2, -0.15) is 0 Å². The van der Waals surface area contributed by atoms with Gasteiger partial charge in [0.1, 0.15) is 0 Å². The summed E-state index contributed by atoms with van der Waals surface area (Å²) in [7, 11) is 0. The zero-order valence-corrected chi connectivity index (χ0v) is 7.29. The summed E-state index contributed by atoms with van der Waals surface area (Å²) in [6.07, 6.45) is 1.38. The zero-order valence-electron chi connectivity index (χ0n) is 7.29. The Hall–Kier alpha value is -0.810. The van der Waals surface area contributed by atoms with Gasteiger partial charge in [-0.1, -0.05) is 0 Å². The maximum atomic E-state index is 10.3. The molecule has 0 radical (unpaired) electrons. The van der Waals surface area contributed by atoms with Gasteiger partial charge in [0.05, 0.1) is 5.60 Å². The topological polar surface area (TPSA) is 81.6 Å². The molecule has 0 spiro atoms. The number of carbonyl (C=O) groups is 1. The molecule has 4 N–H and O–H groups in total. The van der Waals surface area contributed by atoms with E-state index in [1.807, 2.05) is 0 Å². The van der Waals surface area contributed by atoms with Gasteiger partial charge >= 0.3 is 6.09 Å². The minimum absolute atomic E-state index is 0.0490. The van der Waals surface area contributed by atoms with Gasteiger partial charge in [0, 0.05) is 18.6 Å².